The van der Waals surface area contributed by atoms with Crippen LogP contribution in [0.4, 0.5) is 5.69 Å². The SMILES string of the molecule is Cc1cccc(-c2nc(CSCC(C)C)no2)c1N. The van der Waals surface area contributed by atoms with Gasteiger partial charge in [0.1, 0.15) is 0 Å². The predicted octanol–water partition coefficient (Wildman–Crippen LogP) is 3.52. The van der Waals surface area contributed by atoms with Gasteiger partial charge in [0.25, 0.3) is 5.89 Å². The summed E-state index contributed by atoms with van der Waals surface area (Å²) in [5.41, 5.74) is 8.56. The van der Waals surface area contributed by atoms with Gasteiger partial charge >= 0.3 is 0 Å². The molecule has 0 unspecified atom stereocenters. The standard InChI is InChI=1S/C14H19N3OS/c1-9(2)7-19-8-12-16-14(18-17-12)11-6-4-5-10(3)13(11)15/h4-6,9H,7-8,15H2,1-3H3. The summed E-state index contributed by atoms with van der Waals surface area (Å²) >= 11 is 1.81. The van der Waals surface area contributed by atoms with E-state index in [4.69, 9.17) is 10.3 Å². The monoisotopic (exact) mass is 277 g/mol. The first-order chi connectivity index (χ1) is 9.08. The van der Waals surface area contributed by atoms with Gasteiger partial charge in [0.05, 0.1) is 11.3 Å². The van der Waals surface area contributed by atoms with Crippen LogP contribution in [0.1, 0.15) is 25.2 Å². The average molecular weight is 277 g/mol. The maximum atomic E-state index is 6.03. The van der Waals surface area contributed by atoms with Gasteiger partial charge in [-0.3, -0.25) is 0 Å². The van der Waals surface area contributed by atoms with Gasteiger partial charge in [0, 0.05) is 5.69 Å². The Bertz CT molecular complexity index is 551. The third-order valence-corrected chi connectivity index (χ3v) is 4.07. The summed E-state index contributed by atoms with van der Waals surface area (Å²) in [6, 6.07) is 5.81. The molecule has 0 spiro atoms. The molecule has 1 aromatic carbocycles. The molecule has 1 aromatic heterocycles. The van der Waals surface area contributed by atoms with Crippen molar-refractivity contribution < 1.29 is 4.52 Å². The highest BCUT2D eigenvalue weighted by atomic mass is 32.2. The molecule has 0 aliphatic heterocycles. The Morgan fingerprint density at radius 1 is 1.37 bits per heavy atom. The Kier molecular flexibility index (Phi) is 4.47. The van der Waals surface area contributed by atoms with E-state index in [1.807, 2.05) is 36.9 Å². The number of nitrogens with zero attached hydrogens (tertiary/aromatic N) is 2. The van der Waals surface area contributed by atoms with Crippen LogP contribution in [-0.4, -0.2) is 15.9 Å². The molecule has 102 valence electrons. The van der Waals surface area contributed by atoms with Gasteiger partial charge in [-0.1, -0.05) is 31.1 Å². The summed E-state index contributed by atoms with van der Waals surface area (Å²) < 4.78 is 5.29. The zero-order valence-corrected chi connectivity index (χ0v) is 12.3. The van der Waals surface area contributed by atoms with E-state index in [2.05, 4.69) is 24.0 Å². The number of nitrogens with two attached hydrogens (primary N) is 1. The Balaban J connectivity index is 2.10. The molecule has 2 aromatic rings. The summed E-state index contributed by atoms with van der Waals surface area (Å²) in [5.74, 6) is 3.76. The summed E-state index contributed by atoms with van der Waals surface area (Å²) in [7, 11) is 0. The summed E-state index contributed by atoms with van der Waals surface area (Å²) in [5, 5.41) is 4.00. The molecule has 4 nitrogen and oxygen atoms in total. The van der Waals surface area contributed by atoms with Crippen molar-refractivity contribution in [1.29, 1.82) is 0 Å². The van der Waals surface area contributed by atoms with E-state index < -0.39 is 0 Å². The first-order valence-electron chi connectivity index (χ1n) is 6.33. The maximum Gasteiger partial charge on any atom is 0.260 e. The number of hydrogen-bond donors (Lipinski definition) is 1. The van der Waals surface area contributed by atoms with E-state index in [0.29, 0.717) is 17.5 Å². The molecular weight excluding hydrogens is 258 g/mol. The lowest BCUT2D eigenvalue weighted by molar-refractivity contribution is 0.425. The van der Waals surface area contributed by atoms with Crippen LogP contribution >= 0.6 is 11.8 Å². The molecule has 0 saturated heterocycles. The fraction of sp³-hybridized carbons (Fsp3) is 0.429. The van der Waals surface area contributed by atoms with Crippen molar-refractivity contribution in [2.75, 3.05) is 11.5 Å². The second-order valence-electron chi connectivity index (χ2n) is 4.96. The van der Waals surface area contributed by atoms with Crippen molar-refractivity contribution in [3.8, 4) is 11.5 Å². The minimum Gasteiger partial charge on any atom is -0.398 e. The van der Waals surface area contributed by atoms with Crippen molar-refractivity contribution >= 4 is 17.4 Å². The van der Waals surface area contributed by atoms with E-state index in [1.54, 1.807) is 0 Å². The molecule has 19 heavy (non-hydrogen) atoms. The van der Waals surface area contributed by atoms with E-state index in [-0.39, 0.29) is 0 Å². The maximum absolute atomic E-state index is 6.03. The average Bonchev–Trinajstić information content (AvgIpc) is 2.81. The largest absolute Gasteiger partial charge is 0.398 e. The minimum absolute atomic E-state index is 0.501. The molecule has 0 aliphatic carbocycles. The number of nitrogen functional groups attached to an aromatic ring is 1. The third kappa shape index (κ3) is 3.50. The van der Waals surface area contributed by atoms with Gasteiger partial charge in [-0.15, -0.1) is 0 Å². The quantitative estimate of drug-likeness (QED) is 0.847. The molecule has 0 atom stereocenters. The van der Waals surface area contributed by atoms with Crippen molar-refractivity contribution in [2.24, 2.45) is 5.92 Å². The molecule has 0 fully saturated rings. The Labute approximate surface area is 117 Å². The number of para-hydroxylation sites is 1. The van der Waals surface area contributed by atoms with E-state index in [9.17, 15) is 0 Å². The van der Waals surface area contributed by atoms with Crippen LogP contribution in [-0.2, 0) is 5.75 Å². The van der Waals surface area contributed by atoms with Gasteiger partial charge in [-0.2, -0.15) is 16.7 Å². The van der Waals surface area contributed by atoms with E-state index in [1.165, 1.54) is 0 Å². The zero-order chi connectivity index (χ0) is 13.8. The van der Waals surface area contributed by atoms with Crippen molar-refractivity contribution in [3.63, 3.8) is 0 Å². The van der Waals surface area contributed by atoms with Gasteiger partial charge in [-0.05, 0) is 30.2 Å². The summed E-state index contributed by atoms with van der Waals surface area (Å²) in [6.07, 6.45) is 0. The van der Waals surface area contributed by atoms with Gasteiger partial charge in [0.2, 0.25) is 0 Å². The van der Waals surface area contributed by atoms with Crippen molar-refractivity contribution in [3.05, 3.63) is 29.6 Å². The molecule has 0 aliphatic rings. The molecule has 0 amide bonds. The fourth-order valence-corrected chi connectivity index (χ4v) is 2.56. The lowest BCUT2D eigenvalue weighted by atomic mass is 10.1. The molecule has 0 bridgehead atoms. The number of aryl methyl sites for hydroxylation is 1. The van der Waals surface area contributed by atoms with Crippen LogP contribution in [0.15, 0.2) is 22.7 Å². The van der Waals surface area contributed by atoms with Crippen LogP contribution in [0.25, 0.3) is 11.5 Å². The highest BCUT2D eigenvalue weighted by Crippen LogP contribution is 2.27. The molecular formula is C14H19N3OS. The summed E-state index contributed by atoms with van der Waals surface area (Å²) in [4.78, 5) is 4.40. The van der Waals surface area contributed by atoms with Crippen LogP contribution in [0, 0.1) is 12.8 Å². The zero-order valence-electron chi connectivity index (χ0n) is 11.5. The van der Waals surface area contributed by atoms with Crippen LogP contribution < -0.4 is 5.73 Å². The van der Waals surface area contributed by atoms with Crippen LogP contribution in [0.2, 0.25) is 0 Å². The molecule has 5 heteroatoms. The topological polar surface area (TPSA) is 64.9 Å². The number of rotatable bonds is 5. The van der Waals surface area contributed by atoms with E-state index >= 15 is 0 Å². The molecule has 1 heterocycles. The summed E-state index contributed by atoms with van der Waals surface area (Å²) in [6.45, 7) is 6.36. The molecule has 0 radical (unpaired) electrons. The number of hydrogen-bond acceptors (Lipinski definition) is 5. The molecule has 2 rings (SSSR count). The van der Waals surface area contributed by atoms with Crippen LogP contribution in [0.3, 0.4) is 0 Å². The lowest BCUT2D eigenvalue weighted by Gasteiger charge is -2.03. The number of anilines is 1. The van der Waals surface area contributed by atoms with Gasteiger partial charge in [0.15, 0.2) is 5.82 Å². The second-order valence-corrected chi connectivity index (χ2v) is 5.99. The van der Waals surface area contributed by atoms with Gasteiger partial charge in [-0.25, -0.2) is 0 Å². The van der Waals surface area contributed by atoms with Crippen molar-refractivity contribution in [2.45, 2.75) is 26.5 Å². The Morgan fingerprint density at radius 2 is 2.16 bits per heavy atom. The first-order valence-corrected chi connectivity index (χ1v) is 7.49. The Morgan fingerprint density at radius 3 is 2.89 bits per heavy atom. The van der Waals surface area contributed by atoms with Gasteiger partial charge < -0.3 is 10.3 Å². The second kappa shape index (κ2) is 6.10. The fourth-order valence-electron chi connectivity index (χ4n) is 1.68. The smallest absolute Gasteiger partial charge is 0.260 e. The van der Waals surface area contributed by atoms with E-state index in [0.717, 1.165) is 28.5 Å². The first kappa shape index (κ1) is 13.9. The minimum atomic E-state index is 0.501. The molecule has 0 saturated carbocycles. The predicted molar refractivity (Wildman–Crippen MR) is 79.9 cm³/mol. The molecule has 2 N–H and O–H groups in total. The Hall–Kier alpha value is -1.49. The number of thioether (sulfide) groups is 1. The number of benzene rings is 1. The van der Waals surface area contributed by atoms with Crippen LogP contribution in [0.5, 0.6) is 0 Å². The lowest BCUT2D eigenvalue weighted by Crippen LogP contribution is -1.94. The highest BCUT2D eigenvalue weighted by Gasteiger charge is 2.12. The third-order valence-electron chi connectivity index (χ3n) is 2.70. The highest BCUT2D eigenvalue weighted by molar-refractivity contribution is 7.98. The normalized spacial score (nSPS) is 11.2. The number of aromatic nitrogens is 2. The van der Waals surface area contributed by atoms with Crippen molar-refractivity contribution in [1.82, 2.24) is 10.1 Å².